The topological polar surface area (TPSA) is 94.5 Å². The van der Waals surface area contributed by atoms with Crippen molar-refractivity contribution in [3.05, 3.63) is 94.6 Å². The Morgan fingerprint density at radius 3 is 2.32 bits per heavy atom. The van der Waals surface area contributed by atoms with Gasteiger partial charge in [0.1, 0.15) is 0 Å². The Bertz CT molecular complexity index is 1250. The van der Waals surface area contributed by atoms with Crippen molar-refractivity contribution in [3.8, 4) is 33.6 Å². The first-order valence-electron chi connectivity index (χ1n) is 9.55. The molecule has 0 aliphatic carbocycles. The quantitative estimate of drug-likeness (QED) is 0.199. The fraction of sp³-hybridized carbons (Fsp3) is 0.0870. The van der Waals surface area contributed by atoms with E-state index in [0.717, 1.165) is 33.6 Å². The van der Waals surface area contributed by atoms with Gasteiger partial charge in [-0.2, -0.15) is 0 Å². The van der Waals surface area contributed by atoms with E-state index in [9.17, 15) is 4.21 Å². The average Bonchev–Trinajstić information content (AvgIpc) is 3.26. The summed E-state index contributed by atoms with van der Waals surface area (Å²) in [5, 5.41) is 4.13. The van der Waals surface area contributed by atoms with Crippen molar-refractivity contribution in [3.63, 3.8) is 0 Å². The standard InChI is InChI=1S/C23H18ClN5OS/c24-19-5-1-18(2-6-19)23-21(16-9-11-26-12-10-16)15-22(28-23)17-3-7-20(8-4-17)31(30)14-13-27-29-25/h1-12,15,28H,13-14H2. The largest absolute Gasteiger partial charge is 0.354 e. The number of hydrogen-bond donors (Lipinski definition) is 1. The molecule has 0 spiro atoms. The molecule has 0 fully saturated rings. The highest BCUT2D eigenvalue weighted by Crippen LogP contribution is 2.36. The van der Waals surface area contributed by atoms with Gasteiger partial charge in [-0.25, -0.2) is 0 Å². The van der Waals surface area contributed by atoms with E-state index in [1.54, 1.807) is 12.4 Å². The van der Waals surface area contributed by atoms with E-state index in [4.69, 9.17) is 17.1 Å². The van der Waals surface area contributed by atoms with Gasteiger partial charge in [0.2, 0.25) is 0 Å². The third-order valence-electron chi connectivity index (χ3n) is 4.81. The molecule has 8 heteroatoms. The van der Waals surface area contributed by atoms with Crippen LogP contribution in [0.1, 0.15) is 0 Å². The molecule has 0 amide bonds. The first-order chi connectivity index (χ1) is 15.2. The molecule has 2 heterocycles. The van der Waals surface area contributed by atoms with Crippen LogP contribution in [0.25, 0.3) is 44.1 Å². The predicted octanol–water partition coefficient (Wildman–Crippen LogP) is 6.48. The van der Waals surface area contributed by atoms with E-state index >= 15 is 0 Å². The Balaban J connectivity index is 1.70. The summed E-state index contributed by atoms with van der Waals surface area (Å²) >= 11 is 6.07. The minimum Gasteiger partial charge on any atom is -0.354 e. The number of pyridine rings is 1. The molecule has 154 valence electrons. The Morgan fingerprint density at radius 2 is 1.65 bits per heavy atom. The number of nitrogens with one attached hydrogen (secondary N) is 1. The molecule has 31 heavy (non-hydrogen) atoms. The number of H-pyrrole nitrogens is 1. The van der Waals surface area contributed by atoms with E-state index < -0.39 is 10.8 Å². The van der Waals surface area contributed by atoms with E-state index in [0.29, 0.717) is 15.7 Å². The van der Waals surface area contributed by atoms with Crippen LogP contribution >= 0.6 is 11.6 Å². The molecule has 2 aromatic carbocycles. The van der Waals surface area contributed by atoms with Gasteiger partial charge in [0.05, 0.1) is 16.5 Å². The maximum absolute atomic E-state index is 12.3. The fourth-order valence-corrected chi connectivity index (χ4v) is 4.33. The van der Waals surface area contributed by atoms with Crippen LogP contribution in [0.3, 0.4) is 0 Å². The highest BCUT2D eigenvalue weighted by Gasteiger charge is 2.14. The number of aromatic nitrogens is 2. The molecule has 0 bridgehead atoms. The molecule has 1 N–H and O–H groups in total. The Hall–Kier alpha value is -3.38. The molecular weight excluding hydrogens is 430 g/mol. The van der Waals surface area contributed by atoms with Gasteiger partial charge in [-0.05, 0) is 64.7 Å². The van der Waals surface area contributed by atoms with E-state index in [1.807, 2.05) is 60.7 Å². The van der Waals surface area contributed by atoms with Crippen molar-refractivity contribution >= 4 is 22.4 Å². The summed E-state index contributed by atoms with van der Waals surface area (Å²) in [7, 11) is -1.20. The molecule has 4 aromatic rings. The van der Waals surface area contributed by atoms with Crippen LogP contribution in [0.5, 0.6) is 0 Å². The fourth-order valence-electron chi connectivity index (χ4n) is 3.29. The first-order valence-corrected chi connectivity index (χ1v) is 11.2. The second kappa shape index (κ2) is 9.62. The van der Waals surface area contributed by atoms with Crippen LogP contribution in [0.4, 0.5) is 0 Å². The molecule has 0 aliphatic heterocycles. The summed E-state index contributed by atoms with van der Waals surface area (Å²) < 4.78 is 12.3. The van der Waals surface area contributed by atoms with Crippen LogP contribution in [-0.4, -0.2) is 26.5 Å². The number of nitrogens with zero attached hydrogens (tertiary/aromatic N) is 4. The third kappa shape index (κ3) is 4.86. The number of rotatable bonds is 7. The molecule has 0 aliphatic rings. The van der Waals surface area contributed by atoms with Gasteiger partial charge < -0.3 is 4.98 Å². The first kappa shape index (κ1) is 20.9. The molecule has 2 aromatic heterocycles. The Kier molecular flexibility index (Phi) is 6.48. The van der Waals surface area contributed by atoms with Crippen LogP contribution < -0.4 is 0 Å². The van der Waals surface area contributed by atoms with Crippen molar-refractivity contribution in [2.75, 3.05) is 12.3 Å². The van der Waals surface area contributed by atoms with Gasteiger partial charge in [-0.15, -0.1) is 0 Å². The predicted molar refractivity (Wildman–Crippen MR) is 125 cm³/mol. The lowest BCUT2D eigenvalue weighted by molar-refractivity contribution is 0.682. The number of azide groups is 1. The van der Waals surface area contributed by atoms with E-state index in [-0.39, 0.29) is 6.54 Å². The lowest BCUT2D eigenvalue weighted by atomic mass is 10.0. The summed E-state index contributed by atoms with van der Waals surface area (Å²) in [4.78, 5) is 11.0. The van der Waals surface area contributed by atoms with Crippen molar-refractivity contribution in [1.29, 1.82) is 0 Å². The third-order valence-corrected chi connectivity index (χ3v) is 6.41. The summed E-state index contributed by atoms with van der Waals surface area (Å²) in [6.07, 6.45) is 3.54. The van der Waals surface area contributed by atoms with Gasteiger partial charge in [0, 0.05) is 50.8 Å². The molecule has 0 saturated carbocycles. The number of halogens is 1. The average molecular weight is 448 g/mol. The summed E-state index contributed by atoms with van der Waals surface area (Å²) in [6.45, 7) is 0.210. The Morgan fingerprint density at radius 1 is 0.968 bits per heavy atom. The monoisotopic (exact) mass is 447 g/mol. The van der Waals surface area contributed by atoms with Crippen molar-refractivity contribution in [2.24, 2.45) is 5.11 Å². The highest BCUT2D eigenvalue weighted by molar-refractivity contribution is 7.85. The van der Waals surface area contributed by atoms with Crippen molar-refractivity contribution in [2.45, 2.75) is 4.90 Å². The van der Waals surface area contributed by atoms with Crippen molar-refractivity contribution in [1.82, 2.24) is 9.97 Å². The zero-order valence-corrected chi connectivity index (χ0v) is 18.0. The normalized spacial score (nSPS) is 11.6. The lowest BCUT2D eigenvalue weighted by Gasteiger charge is -2.05. The molecular formula is C23H18ClN5OS. The SMILES string of the molecule is [N-]=[N+]=NCCS(=O)c1ccc(-c2cc(-c3ccncc3)c(-c3ccc(Cl)cc3)[nH]2)cc1. The second-order valence-corrected chi connectivity index (χ2v) is 8.75. The Labute approximate surface area is 187 Å². The maximum atomic E-state index is 12.3. The van der Waals surface area contributed by atoms with Gasteiger partial charge in [-0.1, -0.05) is 41.0 Å². The summed E-state index contributed by atoms with van der Waals surface area (Å²) in [5.41, 5.74) is 14.4. The van der Waals surface area contributed by atoms with Gasteiger partial charge in [0.15, 0.2) is 0 Å². The minimum absolute atomic E-state index is 0.210. The number of hydrogen-bond acceptors (Lipinski definition) is 3. The molecule has 6 nitrogen and oxygen atoms in total. The molecule has 1 atom stereocenters. The second-order valence-electron chi connectivity index (χ2n) is 6.74. The van der Waals surface area contributed by atoms with Crippen LogP contribution in [0.2, 0.25) is 5.02 Å². The van der Waals surface area contributed by atoms with Crippen LogP contribution in [-0.2, 0) is 10.8 Å². The number of benzene rings is 2. The molecule has 0 radical (unpaired) electrons. The maximum Gasteiger partial charge on any atom is 0.0538 e. The van der Waals surface area contributed by atoms with Crippen LogP contribution in [0.15, 0.2) is 89.1 Å². The summed E-state index contributed by atoms with van der Waals surface area (Å²) in [6, 6.07) is 21.3. The van der Waals surface area contributed by atoms with E-state index in [1.165, 1.54) is 0 Å². The van der Waals surface area contributed by atoms with Crippen LogP contribution in [0, 0.1) is 0 Å². The number of aromatic amines is 1. The van der Waals surface area contributed by atoms with Gasteiger partial charge in [-0.3, -0.25) is 9.19 Å². The smallest absolute Gasteiger partial charge is 0.0538 e. The highest BCUT2D eigenvalue weighted by atomic mass is 35.5. The van der Waals surface area contributed by atoms with Gasteiger partial charge in [0.25, 0.3) is 0 Å². The lowest BCUT2D eigenvalue weighted by Crippen LogP contribution is -2.00. The minimum atomic E-state index is -1.20. The zero-order chi connectivity index (χ0) is 21.6. The van der Waals surface area contributed by atoms with Crippen molar-refractivity contribution < 1.29 is 4.21 Å². The van der Waals surface area contributed by atoms with Gasteiger partial charge >= 0.3 is 0 Å². The molecule has 1 unspecified atom stereocenters. The zero-order valence-electron chi connectivity index (χ0n) is 16.4. The van der Waals surface area contributed by atoms with E-state index in [2.05, 4.69) is 26.1 Å². The molecule has 4 rings (SSSR count). The summed E-state index contributed by atoms with van der Waals surface area (Å²) in [5.74, 6) is 0.304. The molecule has 0 saturated heterocycles.